The van der Waals surface area contributed by atoms with E-state index in [0.29, 0.717) is 37.1 Å². The first-order valence-electron chi connectivity index (χ1n) is 11.4. The summed E-state index contributed by atoms with van der Waals surface area (Å²) >= 11 is 6.84. The molecule has 180 valence electrons. The fourth-order valence-electron chi connectivity index (χ4n) is 4.09. The molecule has 4 aromatic rings. The van der Waals surface area contributed by atoms with Crippen LogP contribution in [-0.4, -0.2) is 42.0 Å². The minimum atomic E-state index is -0.0405. The van der Waals surface area contributed by atoms with Crippen molar-refractivity contribution in [1.82, 2.24) is 15.1 Å². The lowest BCUT2D eigenvalue weighted by atomic mass is 10.0. The van der Waals surface area contributed by atoms with E-state index in [-0.39, 0.29) is 5.91 Å². The van der Waals surface area contributed by atoms with Gasteiger partial charge in [0, 0.05) is 43.7 Å². The largest absolute Gasteiger partial charge is 0.486 e. The van der Waals surface area contributed by atoms with Gasteiger partial charge in [-0.2, -0.15) is 5.10 Å². The van der Waals surface area contributed by atoms with Gasteiger partial charge in [0.1, 0.15) is 13.2 Å². The summed E-state index contributed by atoms with van der Waals surface area (Å²) in [6.07, 6.45) is 0. The van der Waals surface area contributed by atoms with Crippen LogP contribution in [0.25, 0.3) is 22.0 Å². The summed E-state index contributed by atoms with van der Waals surface area (Å²) in [5.41, 5.74) is 4.52. The second-order valence-corrected chi connectivity index (χ2v) is 8.64. The maximum Gasteiger partial charge on any atom is 0.216 e. The lowest BCUT2D eigenvalue weighted by Crippen LogP contribution is -2.26. The number of benzene rings is 3. The van der Waals surface area contributed by atoms with Gasteiger partial charge in [-0.05, 0) is 42.0 Å². The van der Waals surface area contributed by atoms with E-state index in [4.69, 9.17) is 21.1 Å². The van der Waals surface area contributed by atoms with Gasteiger partial charge in [0.15, 0.2) is 17.3 Å². The molecule has 0 spiro atoms. The standard InChI is InChI=1S/C26H26ClN5O3/c1-16(33)28-10-11-29-18-7-8-20-22(15-18)32(2)31-26(20)30-21-5-3-4-19(25(21)27)17-6-9-23-24(14-17)35-13-12-34-23/h3-9,14-15,29H,10-13H2,1-2H3,(H,28,33)(H,30,31). The molecular weight excluding hydrogens is 466 g/mol. The first-order chi connectivity index (χ1) is 17.0. The number of nitrogens with one attached hydrogen (secondary N) is 3. The molecule has 5 rings (SSSR count). The topological polar surface area (TPSA) is 89.4 Å². The number of aryl methyl sites for hydroxylation is 1. The van der Waals surface area contributed by atoms with Crippen molar-refractivity contribution in [3.05, 3.63) is 59.6 Å². The Morgan fingerprint density at radius 2 is 1.89 bits per heavy atom. The maximum absolute atomic E-state index is 11.0. The van der Waals surface area contributed by atoms with Crippen LogP contribution in [0, 0.1) is 0 Å². The first-order valence-corrected chi connectivity index (χ1v) is 11.8. The van der Waals surface area contributed by atoms with Crippen molar-refractivity contribution in [1.29, 1.82) is 0 Å². The first kappa shape index (κ1) is 22.9. The molecule has 0 bridgehead atoms. The van der Waals surface area contributed by atoms with E-state index < -0.39 is 0 Å². The quantitative estimate of drug-likeness (QED) is 0.317. The molecular formula is C26H26ClN5O3. The zero-order valence-electron chi connectivity index (χ0n) is 19.5. The van der Waals surface area contributed by atoms with Crippen molar-refractivity contribution >= 4 is 45.6 Å². The number of nitrogens with zero attached hydrogens (tertiary/aromatic N) is 2. The molecule has 3 aromatic carbocycles. The Balaban J connectivity index is 1.39. The number of hydrogen-bond donors (Lipinski definition) is 3. The fraction of sp³-hybridized carbons (Fsp3) is 0.231. The monoisotopic (exact) mass is 491 g/mol. The molecule has 1 amide bonds. The second kappa shape index (κ2) is 9.76. The van der Waals surface area contributed by atoms with Crippen LogP contribution < -0.4 is 25.4 Å². The summed E-state index contributed by atoms with van der Waals surface area (Å²) < 4.78 is 13.2. The van der Waals surface area contributed by atoms with Gasteiger partial charge in [-0.3, -0.25) is 9.48 Å². The summed E-state index contributed by atoms with van der Waals surface area (Å²) in [6, 6.07) is 17.8. The summed E-state index contributed by atoms with van der Waals surface area (Å²) in [5, 5.41) is 15.7. The predicted octanol–water partition coefficient (Wildman–Crippen LogP) is 4.96. The van der Waals surface area contributed by atoms with Crippen molar-refractivity contribution in [2.75, 3.05) is 36.9 Å². The molecule has 0 radical (unpaired) electrons. The van der Waals surface area contributed by atoms with Gasteiger partial charge < -0.3 is 25.4 Å². The normalized spacial score (nSPS) is 12.4. The number of carbonyl (C=O) groups excluding carboxylic acids is 1. The molecule has 8 nitrogen and oxygen atoms in total. The average Bonchev–Trinajstić information content (AvgIpc) is 3.17. The summed E-state index contributed by atoms with van der Waals surface area (Å²) in [4.78, 5) is 11.0. The van der Waals surface area contributed by atoms with E-state index in [1.54, 1.807) is 0 Å². The molecule has 1 aliphatic heterocycles. The van der Waals surface area contributed by atoms with Gasteiger partial charge in [-0.25, -0.2) is 0 Å². The van der Waals surface area contributed by atoms with Crippen molar-refractivity contribution in [3.8, 4) is 22.6 Å². The van der Waals surface area contributed by atoms with E-state index in [2.05, 4.69) is 21.0 Å². The number of carbonyl (C=O) groups is 1. The third kappa shape index (κ3) is 4.83. The van der Waals surface area contributed by atoms with Crippen molar-refractivity contribution in [2.24, 2.45) is 7.05 Å². The highest BCUT2D eigenvalue weighted by Crippen LogP contribution is 2.40. The van der Waals surface area contributed by atoms with Crippen LogP contribution in [-0.2, 0) is 11.8 Å². The number of rotatable bonds is 7. The van der Waals surface area contributed by atoms with Crippen molar-refractivity contribution in [2.45, 2.75) is 6.92 Å². The Hall–Kier alpha value is -3.91. The highest BCUT2D eigenvalue weighted by Gasteiger charge is 2.16. The maximum atomic E-state index is 11.0. The molecule has 9 heteroatoms. The van der Waals surface area contributed by atoms with Crippen molar-refractivity contribution in [3.63, 3.8) is 0 Å². The summed E-state index contributed by atoms with van der Waals surface area (Å²) in [5.74, 6) is 2.14. The molecule has 0 fully saturated rings. The zero-order valence-corrected chi connectivity index (χ0v) is 20.3. The van der Waals surface area contributed by atoms with Crippen LogP contribution >= 0.6 is 11.6 Å². The van der Waals surface area contributed by atoms with E-state index in [0.717, 1.165) is 44.9 Å². The fourth-order valence-corrected chi connectivity index (χ4v) is 4.38. The molecule has 0 saturated carbocycles. The second-order valence-electron chi connectivity index (χ2n) is 8.26. The molecule has 2 heterocycles. The third-order valence-electron chi connectivity index (χ3n) is 5.78. The van der Waals surface area contributed by atoms with Gasteiger partial charge in [0.2, 0.25) is 5.91 Å². The average molecular weight is 492 g/mol. The van der Waals surface area contributed by atoms with Crippen LogP contribution in [0.2, 0.25) is 5.02 Å². The Labute approximate surface area is 208 Å². The zero-order chi connectivity index (χ0) is 24.4. The Morgan fingerprint density at radius 1 is 1.06 bits per heavy atom. The number of ether oxygens (including phenoxy) is 2. The molecule has 1 aromatic heterocycles. The SMILES string of the molecule is CC(=O)NCCNc1ccc2c(Nc3cccc(-c4ccc5c(c4)OCCO5)c3Cl)nn(C)c2c1. The van der Waals surface area contributed by atoms with E-state index in [1.165, 1.54) is 6.92 Å². The van der Waals surface area contributed by atoms with Crippen LogP contribution in [0.3, 0.4) is 0 Å². The number of halogens is 1. The molecule has 3 N–H and O–H groups in total. The Kier molecular flexibility index (Phi) is 6.37. The predicted molar refractivity (Wildman–Crippen MR) is 139 cm³/mol. The van der Waals surface area contributed by atoms with Gasteiger partial charge in [0.25, 0.3) is 0 Å². The lowest BCUT2D eigenvalue weighted by Gasteiger charge is -2.19. The molecule has 35 heavy (non-hydrogen) atoms. The van der Waals surface area contributed by atoms with E-state index in [9.17, 15) is 4.79 Å². The highest BCUT2D eigenvalue weighted by atomic mass is 35.5. The van der Waals surface area contributed by atoms with E-state index >= 15 is 0 Å². The number of aromatic nitrogens is 2. The number of hydrogen-bond acceptors (Lipinski definition) is 6. The van der Waals surface area contributed by atoms with Crippen LogP contribution in [0.5, 0.6) is 11.5 Å². The Bertz CT molecular complexity index is 1400. The smallest absolute Gasteiger partial charge is 0.216 e. The minimum absolute atomic E-state index is 0.0405. The summed E-state index contributed by atoms with van der Waals surface area (Å²) in [7, 11) is 1.90. The molecule has 0 saturated heterocycles. The van der Waals surface area contributed by atoms with Crippen LogP contribution in [0.1, 0.15) is 6.92 Å². The van der Waals surface area contributed by atoms with Gasteiger partial charge >= 0.3 is 0 Å². The highest BCUT2D eigenvalue weighted by molar-refractivity contribution is 6.36. The molecule has 1 aliphatic rings. The summed E-state index contributed by atoms with van der Waals surface area (Å²) in [6.45, 7) is 3.79. The van der Waals surface area contributed by atoms with E-state index in [1.807, 2.05) is 66.3 Å². The van der Waals surface area contributed by atoms with Gasteiger partial charge in [0.05, 0.1) is 16.2 Å². The minimum Gasteiger partial charge on any atom is -0.486 e. The number of anilines is 3. The van der Waals surface area contributed by atoms with Crippen LogP contribution in [0.15, 0.2) is 54.6 Å². The van der Waals surface area contributed by atoms with Gasteiger partial charge in [-0.15, -0.1) is 0 Å². The molecule has 0 aliphatic carbocycles. The Morgan fingerprint density at radius 3 is 2.71 bits per heavy atom. The van der Waals surface area contributed by atoms with Crippen LogP contribution in [0.4, 0.5) is 17.2 Å². The molecule has 0 unspecified atom stereocenters. The van der Waals surface area contributed by atoms with Gasteiger partial charge in [-0.1, -0.05) is 29.8 Å². The third-order valence-corrected chi connectivity index (χ3v) is 6.19. The lowest BCUT2D eigenvalue weighted by molar-refractivity contribution is -0.118. The number of fused-ring (bicyclic) bond motifs is 2. The van der Waals surface area contributed by atoms with Crippen molar-refractivity contribution < 1.29 is 14.3 Å². The molecule has 0 atom stereocenters. The number of amides is 1.